The molecular formula is C10H19NO8. The second kappa shape index (κ2) is 6.09. The summed E-state index contributed by atoms with van der Waals surface area (Å²) in [6.07, 6.45) is -5.65. The fourth-order valence-electron chi connectivity index (χ4n) is 1.98. The van der Waals surface area contributed by atoms with Crippen molar-refractivity contribution in [1.29, 1.82) is 0 Å². The lowest BCUT2D eigenvalue weighted by molar-refractivity contribution is -0.163. The third-order valence-electron chi connectivity index (χ3n) is 3.11. The van der Waals surface area contributed by atoms with E-state index in [-0.39, 0.29) is 0 Å². The number of ether oxygens (including phenoxy) is 1. The van der Waals surface area contributed by atoms with Gasteiger partial charge in [0.05, 0.1) is 19.3 Å². The number of carboxylic acids is 1. The normalized spacial score (nSPS) is 38.1. The number of rotatable bonds is 6. The summed E-state index contributed by atoms with van der Waals surface area (Å²) in [5.41, 5.74) is -1.97. The van der Waals surface area contributed by atoms with Gasteiger partial charge in [0.2, 0.25) is 0 Å². The van der Waals surface area contributed by atoms with Crippen LogP contribution in [0.15, 0.2) is 0 Å². The van der Waals surface area contributed by atoms with E-state index in [4.69, 9.17) is 14.9 Å². The molecule has 9 heteroatoms. The van der Waals surface area contributed by atoms with Gasteiger partial charge in [-0.2, -0.15) is 0 Å². The maximum Gasteiger partial charge on any atom is 0.323 e. The van der Waals surface area contributed by atoms with Crippen LogP contribution in [0.4, 0.5) is 0 Å². The second-order valence-electron chi connectivity index (χ2n) is 4.52. The highest BCUT2D eigenvalue weighted by molar-refractivity contribution is 5.74. The molecule has 1 aliphatic rings. The lowest BCUT2D eigenvalue weighted by Gasteiger charge is -2.34. The van der Waals surface area contributed by atoms with E-state index in [0.29, 0.717) is 0 Å². The third kappa shape index (κ3) is 3.03. The zero-order valence-corrected chi connectivity index (χ0v) is 10.3. The molecule has 0 aromatic heterocycles. The van der Waals surface area contributed by atoms with Crippen molar-refractivity contribution in [2.45, 2.75) is 43.1 Å². The van der Waals surface area contributed by atoms with Crippen LogP contribution in [0, 0.1) is 0 Å². The van der Waals surface area contributed by atoms with Crippen molar-refractivity contribution in [2.75, 3.05) is 13.2 Å². The van der Waals surface area contributed by atoms with E-state index in [1.165, 1.54) is 6.92 Å². The fourth-order valence-corrected chi connectivity index (χ4v) is 1.98. The highest BCUT2D eigenvalue weighted by atomic mass is 16.6. The number of nitrogens with one attached hydrogen (secondary N) is 1. The summed E-state index contributed by atoms with van der Waals surface area (Å²) in [5, 5.41) is 58.3. The molecule has 7 N–H and O–H groups in total. The molecule has 1 heterocycles. The van der Waals surface area contributed by atoms with Gasteiger partial charge in [0.1, 0.15) is 24.4 Å². The second-order valence-corrected chi connectivity index (χ2v) is 4.52. The molecule has 6 atom stereocenters. The van der Waals surface area contributed by atoms with Gasteiger partial charge in [0, 0.05) is 0 Å². The zero-order valence-electron chi connectivity index (χ0n) is 10.3. The Labute approximate surface area is 109 Å². The molecule has 0 saturated carbocycles. The zero-order chi connectivity index (χ0) is 14.8. The molecule has 1 aliphatic heterocycles. The summed E-state index contributed by atoms with van der Waals surface area (Å²) in [7, 11) is 0. The SMILES string of the molecule is C[C@@H](O)[C@H](N[C@@]1(CO)O[C@H](CO)[C@@H](O)[C@@H]1O)C(=O)O. The number of aliphatic carboxylic acids is 1. The number of carboxylic acid groups (broad SMARTS) is 1. The van der Waals surface area contributed by atoms with Gasteiger partial charge < -0.3 is 35.4 Å². The van der Waals surface area contributed by atoms with Crippen LogP contribution < -0.4 is 5.32 Å². The number of hydrogen-bond acceptors (Lipinski definition) is 8. The molecule has 0 aromatic rings. The van der Waals surface area contributed by atoms with E-state index in [1.54, 1.807) is 0 Å². The molecule has 0 aliphatic carbocycles. The Morgan fingerprint density at radius 2 is 2.00 bits per heavy atom. The van der Waals surface area contributed by atoms with Crippen molar-refractivity contribution in [3.05, 3.63) is 0 Å². The van der Waals surface area contributed by atoms with Crippen molar-refractivity contribution in [2.24, 2.45) is 0 Å². The number of aliphatic hydroxyl groups is 5. The van der Waals surface area contributed by atoms with Crippen molar-refractivity contribution in [3.8, 4) is 0 Å². The van der Waals surface area contributed by atoms with Crippen LogP contribution >= 0.6 is 0 Å². The first-order chi connectivity index (χ1) is 8.79. The van der Waals surface area contributed by atoms with Crippen molar-refractivity contribution >= 4 is 5.97 Å². The molecule has 1 rings (SSSR count). The first-order valence-electron chi connectivity index (χ1n) is 5.73. The molecule has 0 radical (unpaired) electrons. The molecule has 1 fully saturated rings. The number of carbonyl (C=O) groups is 1. The van der Waals surface area contributed by atoms with Gasteiger partial charge in [0.25, 0.3) is 0 Å². The van der Waals surface area contributed by atoms with Crippen LogP contribution in [-0.2, 0) is 9.53 Å². The Balaban J connectivity index is 2.95. The Bertz CT molecular complexity index is 325. The molecule has 9 nitrogen and oxygen atoms in total. The highest BCUT2D eigenvalue weighted by Gasteiger charge is 2.55. The standard InChI is InChI=1S/C10H19NO8/c1-4(14)6(9(17)18)11-10(3-13)8(16)7(15)5(2-12)19-10/h4-8,11-16H,2-3H2,1H3,(H,17,18)/t4-,5-,6+,7-,8+,10+/m1/s1. The summed E-state index contributed by atoms with van der Waals surface area (Å²) in [6, 6.07) is -1.52. The van der Waals surface area contributed by atoms with Crippen LogP contribution in [0.5, 0.6) is 0 Å². The molecule has 0 spiro atoms. The van der Waals surface area contributed by atoms with Gasteiger partial charge in [-0.1, -0.05) is 0 Å². The van der Waals surface area contributed by atoms with Crippen LogP contribution in [0.1, 0.15) is 6.92 Å². The first kappa shape index (κ1) is 16.2. The van der Waals surface area contributed by atoms with E-state index in [1.807, 2.05) is 0 Å². The predicted octanol–water partition coefficient (Wildman–Crippen LogP) is -3.79. The molecule has 0 aromatic carbocycles. The molecule has 19 heavy (non-hydrogen) atoms. The van der Waals surface area contributed by atoms with Crippen LogP contribution in [0.3, 0.4) is 0 Å². The highest BCUT2D eigenvalue weighted by Crippen LogP contribution is 2.29. The lowest BCUT2D eigenvalue weighted by Crippen LogP contribution is -2.64. The molecule has 1 saturated heterocycles. The topological polar surface area (TPSA) is 160 Å². The number of aliphatic hydroxyl groups excluding tert-OH is 5. The Hall–Kier alpha value is -0.810. The fraction of sp³-hybridized carbons (Fsp3) is 0.900. The van der Waals surface area contributed by atoms with Crippen LogP contribution in [0.2, 0.25) is 0 Å². The first-order valence-corrected chi connectivity index (χ1v) is 5.73. The summed E-state index contributed by atoms with van der Waals surface area (Å²) >= 11 is 0. The van der Waals surface area contributed by atoms with E-state index in [2.05, 4.69) is 5.32 Å². The maximum absolute atomic E-state index is 11.0. The van der Waals surface area contributed by atoms with Gasteiger partial charge >= 0.3 is 5.97 Å². The van der Waals surface area contributed by atoms with Gasteiger partial charge in [-0.05, 0) is 6.92 Å². The van der Waals surface area contributed by atoms with E-state index in [0.717, 1.165) is 0 Å². The van der Waals surface area contributed by atoms with Gasteiger partial charge in [-0.25, -0.2) is 0 Å². The van der Waals surface area contributed by atoms with E-state index < -0.39 is 55.4 Å². The van der Waals surface area contributed by atoms with Gasteiger partial charge in [-0.3, -0.25) is 10.1 Å². The smallest absolute Gasteiger partial charge is 0.323 e. The lowest BCUT2D eigenvalue weighted by atomic mass is 10.0. The molecule has 0 bridgehead atoms. The summed E-state index contributed by atoms with van der Waals surface area (Å²) in [6.45, 7) is -0.259. The predicted molar refractivity (Wildman–Crippen MR) is 60.0 cm³/mol. The average molecular weight is 281 g/mol. The summed E-state index contributed by atoms with van der Waals surface area (Å²) < 4.78 is 5.12. The van der Waals surface area contributed by atoms with Crippen molar-refractivity contribution in [3.63, 3.8) is 0 Å². The quantitative estimate of drug-likeness (QED) is 0.259. The van der Waals surface area contributed by atoms with E-state index >= 15 is 0 Å². The van der Waals surface area contributed by atoms with Gasteiger partial charge in [0.15, 0.2) is 5.72 Å². The molecular weight excluding hydrogens is 262 g/mol. The largest absolute Gasteiger partial charge is 0.480 e. The molecule has 112 valence electrons. The molecule has 0 unspecified atom stereocenters. The van der Waals surface area contributed by atoms with Crippen molar-refractivity contribution < 1.29 is 40.2 Å². The molecule has 0 amide bonds. The summed E-state index contributed by atoms with van der Waals surface area (Å²) in [5.74, 6) is -1.42. The Kier molecular flexibility index (Phi) is 5.21. The monoisotopic (exact) mass is 281 g/mol. The average Bonchev–Trinajstić information content (AvgIpc) is 2.60. The minimum atomic E-state index is -1.97. The number of hydrogen-bond donors (Lipinski definition) is 7. The minimum absolute atomic E-state index is 0.617. The van der Waals surface area contributed by atoms with Crippen LogP contribution in [0.25, 0.3) is 0 Å². The van der Waals surface area contributed by atoms with Crippen molar-refractivity contribution in [1.82, 2.24) is 5.32 Å². The van der Waals surface area contributed by atoms with Gasteiger partial charge in [-0.15, -0.1) is 0 Å². The Morgan fingerprint density at radius 1 is 1.42 bits per heavy atom. The third-order valence-corrected chi connectivity index (χ3v) is 3.11. The van der Waals surface area contributed by atoms with E-state index in [9.17, 15) is 25.2 Å². The minimum Gasteiger partial charge on any atom is -0.480 e. The summed E-state index contributed by atoms with van der Waals surface area (Å²) in [4.78, 5) is 11.0. The van der Waals surface area contributed by atoms with Crippen LogP contribution in [-0.4, -0.2) is 86.0 Å². The maximum atomic E-state index is 11.0. The Morgan fingerprint density at radius 3 is 2.32 bits per heavy atom.